The maximum Gasteiger partial charge on any atom is 0.314 e. The zero-order valence-electron chi connectivity index (χ0n) is 13.6. The van der Waals surface area contributed by atoms with Crippen molar-refractivity contribution < 1.29 is 14.3 Å². The summed E-state index contributed by atoms with van der Waals surface area (Å²) in [6.07, 6.45) is 1.75. The van der Waals surface area contributed by atoms with Crippen molar-refractivity contribution in [2.75, 3.05) is 52.5 Å². The van der Waals surface area contributed by atoms with E-state index in [1.807, 2.05) is 30.3 Å². The zero-order valence-corrected chi connectivity index (χ0v) is 13.6. The molecule has 1 aromatic carbocycles. The summed E-state index contributed by atoms with van der Waals surface area (Å²) in [5.41, 5.74) is 0. The van der Waals surface area contributed by atoms with Crippen LogP contribution in [0.15, 0.2) is 30.3 Å². The molecule has 0 unspecified atom stereocenters. The van der Waals surface area contributed by atoms with Gasteiger partial charge in [0.25, 0.3) is 0 Å². The summed E-state index contributed by atoms with van der Waals surface area (Å²) in [4.78, 5) is 14.0. The molecule has 2 rings (SSSR count). The molecular weight excluding hydrogens is 294 g/mol. The highest BCUT2D eigenvalue weighted by molar-refractivity contribution is 5.73. The largest absolute Gasteiger partial charge is 0.494 e. The molecule has 1 heterocycles. The number of nitrogens with zero attached hydrogens (tertiary/aromatic N) is 1. The van der Waals surface area contributed by atoms with E-state index in [2.05, 4.69) is 15.5 Å². The number of carbonyl (C=O) groups excluding carboxylic acids is 1. The summed E-state index contributed by atoms with van der Waals surface area (Å²) >= 11 is 0. The SMILES string of the molecule is O=C(NCCCOc1ccccc1)NCCCN1CCOCC1. The Kier molecular flexibility index (Phi) is 8.29. The highest BCUT2D eigenvalue weighted by Gasteiger charge is 2.09. The van der Waals surface area contributed by atoms with E-state index < -0.39 is 0 Å². The quantitative estimate of drug-likeness (QED) is 0.676. The molecule has 2 N–H and O–H groups in total. The third kappa shape index (κ3) is 7.85. The lowest BCUT2D eigenvalue weighted by molar-refractivity contribution is 0.0375. The maximum absolute atomic E-state index is 11.6. The second-order valence-corrected chi connectivity index (χ2v) is 5.51. The Morgan fingerprint density at radius 1 is 1.09 bits per heavy atom. The van der Waals surface area contributed by atoms with Crippen molar-refractivity contribution >= 4 is 6.03 Å². The van der Waals surface area contributed by atoms with Gasteiger partial charge in [0.05, 0.1) is 19.8 Å². The van der Waals surface area contributed by atoms with E-state index in [0.29, 0.717) is 19.7 Å². The number of hydrogen-bond acceptors (Lipinski definition) is 4. The predicted molar refractivity (Wildman–Crippen MR) is 89.8 cm³/mol. The molecule has 0 spiro atoms. The maximum atomic E-state index is 11.6. The molecule has 0 saturated carbocycles. The van der Waals surface area contributed by atoms with E-state index in [-0.39, 0.29) is 6.03 Å². The third-order valence-corrected chi connectivity index (χ3v) is 3.66. The lowest BCUT2D eigenvalue weighted by Gasteiger charge is -2.26. The molecule has 0 radical (unpaired) electrons. The number of benzene rings is 1. The standard InChI is InChI=1S/C17H27N3O3/c21-17(18-8-4-10-20-11-14-22-15-12-20)19-9-5-13-23-16-6-2-1-3-7-16/h1-3,6-7H,4-5,8-15H2,(H2,18,19,21). The minimum absolute atomic E-state index is 0.105. The molecule has 23 heavy (non-hydrogen) atoms. The van der Waals surface area contributed by atoms with Gasteiger partial charge in [-0.2, -0.15) is 0 Å². The first-order chi connectivity index (χ1) is 11.3. The van der Waals surface area contributed by atoms with Gasteiger partial charge in [0, 0.05) is 26.2 Å². The molecule has 6 nitrogen and oxygen atoms in total. The molecule has 0 aliphatic carbocycles. The highest BCUT2D eigenvalue weighted by atomic mass is 16.5. The Morgan fingerprint density at radius 3 is 2.52 bits per heavy atom. The monoisotopic (exact) mass is 321 g/mol. The van der Waals surface area contributed by atoms with Crippen LogP contribution in [0.1, 0.15) is 12.8 Å². The van der Waals surface area contributed by atoms with Gasteiger partial charge in [0.1, 0.15) is 5.75 Å². The number of para-hydroxylation sites is 1. The van der Waals surface area contributed by atoms with Gasteiger partial charge >= 0.3 is 6.03 Å². The number of amides is 2. The normalized spacial score (nSPS) is 15.1. The molecule has 0 aromatic heterocycles. The zero-order chi connectivity index (χ0) is 16.2. The predicted octanol–water partition coefficient (Wildman–Crippen LogP) is 1.48. The van der Waals surface area contributed by atoms with Crippen LogP contribution in [0.3, 0.4) is 0 Å². The first kappa shape index (κ1) is 17.6. The van der Waals surface area contributed by atoms with Gasteiger partial charge in [-0.3, -0.25) is 4.90 Å². The molecule has 1 aromatic rings. The Labute approximate surface area is 138 Å². The Morgan fingerprint density at radius 2 is 1.78 bits per heavy atom. The smallest absolute Gasteiger partial charge is 0.314 e. The van der Waals surface area contributed by atoms with Gasteiger partial charge in [-0.15, -0.1) is 0 Å². The number of ether oxygens (including phenoxy) is 2. The van der Waals surface area contributed by atoms with E-state index in [1.165, 1.54) is 0 Å². The Bertz CT molecular complexity index is 436. The molecule has 2 amide bonds. The van der Waals surface area contributed by atoms with Crippen molar-refractivity contribution in [2.45, 2.75) is 12.8 Å². The van der Waals surface area contributed by atoms with Crippen LogP contribution in [0.5, 0.6) is 5.75 Å². The summed E-state index contributed by atoms with van der Waals surface area (Å²) in [5, 5.41) is 5.73. The molecule has 128 valence electrons. The fourth-order valence-electron chi connectivity index (χ4n) is 2.37. The number of morpholine rings is 1. The van der Waals surface area contributed by atoms with Crippen molar-refractivity contribution in [1.82, 2.24) is 15.5 Å². The highest BCUT2D eigenvalue weighted by Crippen LogP contribution is 2.07. The molecule has 0 bridgehead atoms. The van der Waals surface area contributed by atoms with E-state index >= 15 is 0 Å². The summed E-state index contributed by atoms with van der Waals surface area (Å²) in [5.74, 6) is 0.861. The summed E-state index contributed by atoms with van der Waals surface area (Å²) < 4.78 is 10.9. The van der Waals surface area contributed by atoms with Crippen molar-refractivity contribution in [3.8, 4) is 5.75 Å². The molecule has 1 saturated heterocycles. The van der Waals surface area contributed by atoms with Crippen LogP contribution in [0.4, 0.5) is 4.79 Å². The van der Waals surface area contributed by atoms with E-state index in [0.717, 1.165) is 51.4 Å². The van der Waals surface area contributed by atoms with Crippen molar-refractivity contribution in [1.29, 1.82) is 0 Å². The molecule has 6 heteroatoms. The number of nitrogens with one attached hydrogen (secondary N) is 2. The summed E-state index contributed by atoms with van der Waals surface area (Å²) in [6, 6.07) is 9.59. The second kappa shape index (κ2) is 10.9. The first-order valence-electron chi connectivity index (χ1n) is 8.34. The molecule has 1 fully saturated rings. The number of carbonyl (C=O) groups is 1. The minimum atomic E-state index is -0.105. The van der Waals surface area contributed by atoms with Gasteiger partial charge < -0.3 is 20.1 Å². The number of rotatable bonds is 9. The first-order valence-corrected chi connectivity index (χ1v) is 8.34. The Balaban J connectivity index is 1.41. The molecule has 1 aliphatic heterocycles. The summed E-state index contributed by atoms with van der Waals surface area (Å²) in [6.45, 7) is 6.54. The summed E-state index contributed by atoms with van der Waals surface area (Å²) in [7, 11) is 0. The number of hydrogen-bond donors (Lipinski definition) is 2. The van der Waals surface area contributed by atoms with Crippen LogP contribution in [0.25, 0.3) is 0 Å². The average Bonchev–Trinajstić information content (AvgIpc) is 2.60. The van der Waals surface area contributed by atoms with E-state index in [1.54, 1.807) is 0 Å². The van der Waals surface area contributed by atoms with Crippen LogP contribution in [0, 0.1) is 0 Å². The molecule has 1 aliphatic rings. The van der Waals surface area contributed by atoms with Crippen LogP contribution in [0.2, 0.25) is 0 Å². The van der Waals surface area contributed by atoms with Gasteiger partial charge in [0.15, 0.2) is 0 Å². The van der Waals surface area contributed by atoms with E-state index in [9.17, 15) is 4.79 Å². The van der Waals surface area contributed by atoms with Crippen LogP contribution < -0.4 is 15.4 Å². The minimum Gasteiger partial charge on any atom is -0.494 e. The van der Waals surface area contributed by atoms with Crippen molar-refractivity contribution in [3.05, 3.63) is 30.3 Å². The van der Waals surface area contributed by atoms with Gasteiger partial charge in [-0.25, -0.2) is 4.79 Å². The lowest BCUT2D eigenvalue weighted by Crippen LogP contribution is -2.40. The van der Waals surface area contributed by atoms with E-state index in [4.69, 9.17) is 9.47 Å². The average molecular weight is 321 g/mol. The third-order valence-electron chi connectivity index (χ3n) is 3.66. The van der Waals surface area contributed by atoms with Crippen LogP contribution in [-0.4, -0.2) is 63.5 Å². The second-order valence-electron chi connectivity index (χ2n) is 5.51. The molecular formula is C17H27N3O3. The van der Waals surface area contributed by atoms with Gasteiger partial charge in [-0.05, 0) is 31.5 Å². The van der Waals surface area contributed by atoms with Crippen LogP contribution >= 0.6 is 0 Å². The van der Waals surface area contributed by atoms with Gasteiger partial charge in [0.2, 0.25) is 0 Å². The molecule has 0 atom stereocenters. The lowest BCUT2D eigenvalue weighted by atomic mass is 10.3. The topological polar surface area (TPSA) is 62.8 Å². The Hall–Kier alpha value is -1.79. The van der Waals surface area contributed by atoms with Crippen LogP contribution in [-0.2, 0) is 4.74 Å². The fourth-order valence-corrected chi connectivity index (χ4v) is 2.37. The van der Waals surface area contributed by atoms with Crippen molar-refractivity contribution in [2.24, 2.45) is 0 Å². The fraction of sp³-hybridized carbons (Fsp3) is 0.588. The number of urea groups is 1. The van der Waals surface area contributed by atoms with Crippen molar-refractivity contribution in [3.63, 3.8) is 0 Å². The van der Waals surface area contributed by atoms with Gasteiger partial charge in [-0.1, -0.05) is 18.2 Å².